The van der Waals surface area contributed by atoms with Crippen LogP contribution in [0.3, 0.4) is 0 Å². The lowest BCUT2D eigenvalue weighted by Gasteiger charge is -2.45. The van der Waals surface area contributed by atoms with Crippen LogP contribution >= 0.6 is 0 Å². The van der Waals surface area contributed by atoms with Gasteiger partial charge in [0.2, 0.25) is 5.91 Å². The molecular weight excluding hydrogens is 348 g/mol. The van der Waals surface area contributed by atoms with E-state index in [0.717, 1.165) is 22.6 Å². The Morgan fingerprint density at radius 1 is 0.929 bits per heavy atom. The number of rotatable bonds is 6. The molecule has 3 aromatic carbocycles. The van der Waals surface area contributed by atoms with Gasteiger partial charge in [-0.05, 0) is 35.4 Å². The van der Waals surface area contributed by atoms with E-state index in [1.807, 2.05) is 83.9 Å². The van der Waals surface area contributed by atoms with Gasteiger partial charge in [0.05, 0.1) is 25.6 Å². The Labute approximate surface area is 165 Å². The molecule has 2 atom stereocenters. The Balaban J connectivity index is 1.60. The fourth-order valence-electron chi connectivity index (χ4n) is 3.55. The minimum Gasteiger partial charge on any atom is -0.497 e. The lowest BCUT2D eigenvalue weighted by molar-refractivity contribution is -0.125. The zero-order valence-electron chi connectivity index (χ0n) is 15.7. The minimum atomic E-state index is -0.206. The first-order valence-corrected chi connectivity index (χ1v) is 9.34. The first kappa shape index (κ1) is 18.0. The van der Waals surface area contributed by atoms with Crippen LogP contribution in [0.5, 0.6) is 5.75 Å². The monoisotopic (exact) mass is 370 g/mol. The summed E-state index contributed by atoms with van der Waals surface area (Å²) in [4.78, 5) is 19.4. The molecule has 0 saturated carbocycles. The Morgan fingerprint density at radius 3 is 2.21 bits per heavy atom. The molecule has 0 aromatic heterocycles. The van der Waals surface area contributed by atoms with Crippen molar-refractivity contribution in [1.82, 2.24) is 0 Å². The zero-order valence-corrected chi connectivity index (χ0v) is 15.7. The van der Waals surface area contributed by atoms with Crippen molar-refractivity contribution >= 4 is 17.8 Å². The molecule has 1 fully saturated rings. The van der Waals surface area contributed by atoms with Gasteiger partial charge in [-0.1, -0.05) is 60.7 Å². The lowest BCUT2D eigenvalue weighted by Crippen LogP contribution is -2.60. The molecule has 140 valence electrons. The molecule has 1 heterocycles. The van der Waals surface area contributed by atoms with E-state index in [0.29, 0.717) is 6.54 Å². The second-order valence-electron chi connectivity index (χ2n) is 6.76. The highest BCUT2D eigenvalue weighted by Gasteiger charge is 2.47. The molecular formula is C24H22N2O2. The molecule has 1 aliphatic heterocycles. The molecule has 0 aliphatic carbocycles. The number of methoxy groups -OCH3 is 1. The van der Waals surface area contributed by atoms with Gasteiger partial charge in [0, 0.05) is 11.9 Å². The second-order valence-corrected chi connectivity index (χ2v) is 6.76. The van der Waals surface area contributed by atoms with Crippen LogP contribution in [0.1, 0.15) is 17.0 Å². The summed E-state index contributed by atoms with van der Waals surface area (Å²) >= 11 is 0. The van der Waals surface area contributed by atoms with Crippen molar-refractivity contribution in [3.63, 3.8) is 0 Å². The third kappa shape index (κ3) is 3.54. The highest BCUT2D eigenvalue weighted by molar-refractivity contribution is 6.12. The maximum absolute atomic E-state index is 13.0. The summed E-state index contributed by atoms with van der Waals surface area (Å²) in [5, 5.41) is 0. The Kier molecular flexibility index (Phi) is 5.20. The summed E-state index contributed by atoms with van der Waals surface area (Å²) in [5.74, 6) is 0.654. The molecule has 1 aliphatic rings. The molecule has 3 aromatic rings. The minimum absolute atomic E-state index is 0.0903. The first-order valence-electron chi connectivity index (χ1n) is 9.34. The van der Waals surface area contributed by atoms with Crippen molar-refractivity contribution in [1.29, 1.82) is 0 Å². The van der Waals surface area contributed by atoms with E-state index < -0.39 is 0 Å². The van der Waals surface area contributed by atoms with Crippen molar-refractivity contribution in [2.75, 3.05) is 12.0 Å². The van der Waals surface area contributed by atoms with Gasteiger partial charge in [0.1, 0.15) is 5.75 Å². The quantitative estimate of drug-likeness (QED) is 0.475. The van der Waals surface area contributed by atoms with E-state index in [2.05, 4.69) is 17.1 Å². The van der Waals surface area contributed by atoms with Crippen LogP contribution in [0.2, 0.25) is 0 Å². The molecule has 0 bridgehead atoms. The van der Waals surface area contributed by atoms with Crippen LogP contribution in [0.25, 0.3) is 0 Å². The van der Waals surface area contributed by atoms with E-state index in [-0.39, 0.29) is 17.9 Å². The van der Waals surface area contributed by atoms with Gasteiger partial charge >= 0.3 is 0 Å². The van der Waals surface area contributed by atoms with Crippen LogP contribution < -0.4 is 9.64 Å². The van der Waals surface area contributed by atoms with E-state index in [4.69, 9.17) is 4.74 Å². The highest BCUT2D eigenvalue weighted by Crippen LogP contribution is 2.39. The molecule has 1 saturated heterocycles. The largest absolute Gasteiger partial charge is 0.497 e. The third-order valence-corrected chi connectivity index (χ3v) is 5.03. The molecule has 4 rings (SSSR count). The average Bonchev–Trinajstić information content (AvgIpc) is 2.75. The molecule has 4 heteroatoms. The maximum Gasteiger partial charge on any atom is 0.237 e. The van der Waals surface area contributed by atoms with Crippen molar-refractivity contribution in [3.8, 4) is 5.75 Å². The Bertz CT molecular complexity index is 953. The number of carbonyl (C=O) groups excluding carboxylic acids is 1. The standard InChI is InChI=1S/C24H22N2O2/c1-28-21-14-12-20(13-15-21)26-22(17-25-16-18-8-4-2-5-9-18)23(24(26)27)19-10-6-3-7-11-19/h2-15,17,22-23H,16H2,1H3/t22-,23+/m1/s1. The molecule has 28 heavy (non-hydrogen) atoms. The van der Waals surface area contributed by atoms with Crippen molar-refractivity contribution in [3.05, 3.63) is 96.1 Å². The number of hydrogen-bond donors (Lipinski definition) is 0. The normalized spacial score (nSPS) is 18.9. The van der Waals surface area contributed by atoms with Crippen LogP contribution in [-0.4, -0.2) is 25.3 Å². The maximum atomic E-state index is 13.0. The van der Waals surface area contributed by atoms with Crippen molar-refractivity contribution < 1.29 is 9.53 Å². The predicted octanol–water partition coefficient (Wildman–Crippen LogP) is 4.47. The molecule has 1 amide bonds. The number of aliphatic imine (C=N–C) groups is 1. The van der Waals surface area contributed by atoms with Gasteiger partial charge in [0.15, 0.2) is 0 Å². The Morgan fingerprint density at radius 2 is 1.57 bits per heavy atom. The molecule has 0 unspecified atom stereocenters. The Hall–Kier alpha value is -3.40. The summed E-state index contributed by atoms with van der Waals surface area (Å²) < 4.78 is 5.23. The number of ether oxygens (including phenoxy) is 1. The number of nitrogens with zero attached hydrogens (tertiary/aromatic N) is 2. The topological polar surface area (TPSA) is 41.9 Å². The summed E-state index contributed by atoms with van der Waals surface area (Å²) in [7, 11) is 1.63. The van der Waals surface area contributed by atoms with Gasteiger partial charge in [-0.2, -0.15) is 0 Å². The van der Waals surface area contributed by atoms with Gasteiger partial charge in [-0.3, -0.25) is 9.79 Å². The molecule has 0 N–H and O–H groups in total. The molecule has 0 radical (unpaired) electrons. The highest BCUT2D eigenvalue weighted by atomic mass is 16.5. The van der Waals surface area contributed by atoms with Gasteiger partial charge < -0.3 is 9.64 Å². The predicted molar refractivity (Wildman–Crippen MR) is 112 cm³/mol. The lowest BCUT2D eigenvalue weighted by atomic mass is 9.81. The van der Waals surface area contributed by atoms with Crippen LogP contribution in [0, 0.1) is 0 Å². The van der Waals surface area contributed by atoms with Gasteiger partial charge in [-0.25, -0.2) is 0 Å². The summed E-state index contributed by atoms with van der Waals surface area (Å²) in [5.41, 5.74) is 3.03. The SMILES string of the molecule is COc1ccc(N2C(=O)[C@@H](c3ccccc3)[C@H]2C=NCc2ccccc2)cc1. The van der Waals surface area contributed by atoms with Crippen LogP contribution in [-0.2, 0) is 11.3 Å². The fraction of sp³-hybridized carbons (Fsp3) is 0.167. The van der Waals surface area contributed by atoms with E-state index >= 15 is 0 Å². The number of amides is 1. The van der Waals surface area contributed by atoms with E-state index in [1.54, 1.807) is 7.11 Å². The molecule has 4 nitrogen and oxygen atoms in total. The number of anilines is 1. The van der Waals surface area contributed by atoms with Crippen LogP contribution in [0.4, 0.5) is 5.69 Å². The smallest absolute Gasteiger partial charge is 0.237 e. The second kappa shape index (κ2) is 8.09. The summed E-state index contributed by atoms with van der Waals surface area (Å²) in [6, 6.07) is 27.5. The first-order chi connectivity index (χ1) is 13.8. The number of β-lactam (4-membered cyclic amide) rings is 1. The summed E-state index contributed by atoms with van der Waals surface area (Å²) in [6.07, 6.45) is 1.91. The van der Waals surface area contributed by atoms with Gasteiger partial charge in [-0.15, -0.1) is 0 Å². The number of hydrogen-bond acceptors (Lipinski definition) is 3. The van der Waals surface area contributed by atoms with Crippen molar-refractivity contribution in [2.24, 2.45) is 4.99 Å². The van der Waals surface area contributed by atoms with Crippen molar-refractivity contribution in [2.45, 2.75) is 18.5 Å². The van der Waals surface area contributed by atoms with Gasteiger partial charge in [0.25, 0.3) is 0 Å². The number of benzene rings is 3. The third-order valence-electron chi connectivity index (χ3n) is 5.03. The van der Waals surface area contributed by atoms with Crippen LogP contribution in [0.15, 0.2) is 89.9 Å². The zero-order chi connectivity index (χ0) is 19.3. The summed E-state index contributed by atoms with van der Waals surface area (Å²) in [6.45, 7) is 0.601. The van der Waals surface area contributed by atoms with E-state index in [1.165, 1.54) is 0 Å². The molecule has 0 spiro atoms. The number of carbonyl (C=O) groups is 1. The van der Waals surface area contributed by atoms with E-state index in [9.17, 15) is 4.79 Å². The fourth-order valence-corrected chi connectivity index (χ4v) is 3.55. The average molecular weight is 370 g/mol.